The number of hydrogen-bond acceptors (Lipinski definition) is 1. The van der Waals surface area contributed by atoms with E-state index in [9.17, 15) is 0 Å². The molecule has 0 amide bonds. The highest BCUT2D eigenvalue weighted by atomic mass is 35.5. The minimum Gasteiger partial charge on any atom is -0.247 e. The van der Waals surface area contributed by atoms with Gasteiger partial charge in [0.25, 0.3) is 0 Å². The van der Waals surface area contributed by atoms with Crippen LogP contribution in [0.25, 0.3) is 0 Å². The van der Waals surface area contributed by atoms with Gasteiger partial charge in [-0.25, -0.2) is 4.99 Å². The molecule has 46 valence electrons. The Labute approximate surface area is 55.1 Å². The molecule has 1 nitrogen and oxygen atoms in total. The van der Waals surface area contributed by atoms with Gasteiger partial charge in [0.1, 0.15) is 5.17 Å². The zero-order valence-electron chi connectivity index (χ0n) is 5.40. The van der Waals surface area contributed by atoms with E-state index in [2.05, 4.69) is 4.99 Å². The monoisotopic (exact) mass is 131 g/mol. The highest BCUT2D eigenvalue weighted by Gasteiger charge is 1.80. The van der Waals surface area contributed by atoms with E-state index in [4.69, 9.17) is 11.6 Å². The van der Waals surface area contributed by atoms with Crippen LogP contribution in [0.4, 0.5) is 0 Å². The number of allylic oxidation sites excluding steroid dienone is 2. The third-order valence-corrected chi connectivity index (χ3v) is 0.833. The van der Waals surface area contributed by atoms with Crippen LogP contribution in [0.3, 0.4) is 0 Å². The van der Waals surface area contributed by atoms with Crippen molar-refractivity contribution in [3.63, 3.8) is 0 Å². The summed E-state index contributed by atoms with van der Waals surface area (Å²) in [6, 6.07) is 0. The van der Waals surface area contributed by atoms with Crippen molar-refractivity contribution in [3.05, 3.63) is 11.8 Å². The second-order valence-corrected chi connectivity index (χ2v) is 2.09. The van der Waals surface area contributed by atoms with Crippen molar-refractivity contribution in [1.82, 2.24) is 0 Å². The van der Waals surface area contributed by atoms with E-state index in [-0.39, 0.29) is 0 Å². The highest BCUT2D eigenvalue weighted by molar-refractivity contribution is 6.64. The molecular formula is C6H10ClN. The Morgan fingerprint density at radius 2 is 2.00 bits per heavy atom. The lowest BCUT2D eigenvalue weighted by Gasteiger charge is -1.86. The topological polar surface area (TPSA) is 12.4 Å². The van der Waals surface area contributed by atoms with Crippen molar-refractivity contribution in [2.75, 3.05) is 0 Å². The molecule has 0 fully saturated rings. The van der Waals surface area contributed by atoms with Crippen LogP contribution in [0, 0.1) is 0 Å². The molecule has 0 aliphatic carbocycles. The Morgan fingerprint density at radius 3 is 2.12 bits per heavy atom. The highest BCUT2D eigenvalue weighted by Crippen LogP contribution is 1.95. The van der Waals surface area contributed by atoms with Crippen molar-refractivity contribution in [3.8, 4) is 0 Å². The van der Waals surface area contributed by atoms with Gasteiger partial charge in [0.15, 0.2) is 0 Å². The first-order valence-corrected chi connectivity index (χ1v) is 2.88. The van der Waals surface area contributed by atoms with Gasteiger partial charge in [-0.2, -0.15) is 0 Å². The standard InChI is InChI=1S/C6H10ClN/c1-4-5(2)8-6(3)7/h4H,1-3H3/b5-4+,8-6?. The quantitative estimate of drug-likeness (QED) is 0.485. The van der Waals surface area contributed by atoms with Crippen LogP contribution in [0.2, 0.25) is 0 Å². The van der Waals surface area contributed by atoms with Gasteiger partial charge in [-0.1, -0.05) is 17.7 Å². The van der Waals surface area contributed by atoms with Crippen molar-refractivity contribution < 1.29 is 0 Å². The van der Waals surface area contributed by atoms with Gasteiger partial charge in [0, 0.05) is 5.70 Å². The van der Waals surface area contributed by atoms with Crippen molar-refractivity contribution in [2.45, 2.75) is 20.8 Å². The van der Waals surface area contributed by atoms with E-state index >= 15 is 0 Å². The van der Waals surface area contributed by atoms with E-state index < -0.39 is 0 Å². The Kier molecular flexibility index (Phi) is 3.53. The largest absolute Gasteiger partial charge is 0.247 e. The molecule has 0 atom stereocenters. The molecule has 0 aliphatic rings. The lowest BCUT2D eigenvalue weighted by molar-refractivity contribution is 1.29. The Bertz CT molecular complexity index is 120. The maximum Gasteiger partial charge on any atom is 0.103 e. The average molecular weight is 132 g/mol. The molecule has 0 aromatic carbocycles. The summed E-state index contributed by atoms with van der Waals surface area (Å²) in [5, 5.41) is 0.584. The molecule has 0 saturated carbocycles. The molecule has 0 radical (unpaired) electrons. The smallest absolute Gasteiger partial charge is 0.103 e. The average Bonchev–Trinajstić information content (AvgIpc) is 1.65. The first-order chi connectivity index (χ1) is 3.66. The second kappa shape index (κ2) is 3.67. The SMILES string of the molecule is C/C=C(\C)N=C(C)Cl. The molecule has 0 N–H and O–H groups in total. The predicted molar refractivity (Wildman–Crippen MR) is 38.4 cm³/mol. The molecular weight excluding hydrogens is 122 g/mol. The van der Waals surface area contributed by atoms with Crippen LogP contribution in [0.1, 0.15) is 20.8 Å². The van der Waals surface area contributed by atoms with Gasteiger partial charge in [-0.3, -0.25) is 0 Å². The Balaban J connectivity index is 3.89. The third-order valence-electron chi connectivity index (χ3n) is 0.748. The van der Waals surface area contributed by atoms with Crippen LogP contribution in [0.15, 0.2) is 16.8 Å². The number of rotatable bonds is 1. The van der Waals surface area contributed by atoms with Gasteiger partial charge < -0.3 is 0 Å². The molecule has 0 spiro atoms. The van der Waals surface area contributed by atoms with E-state index in [1.54, 1.807) is 6.92 Å². The van der Waals surface area contributed by atoms with Crippen molar-refractivity contribution >= 4 is 16.8 Å². The fourth-order valence-electron chi connectivity index (χ4n) is 0.308. The molecule has 2 heteroatoms. The molecule has 0 bridgehead atoms. The summed E-state index contributed by atoms with van der Waals surface area (Å²) in [4.78, 5) is 3.94. The summed E-state index contributed by atoms with van der Waals surface area (Å²) in [7, 11) is 0. The Hall–Kier alpha value is -0.300. The second-order valence-electron chi connectivity index (χ2n) is 1.54. The summed E-state index contributed by atoms with van der Waals surface area (Å²) in [5.41, 5.74) is 0.956. The molecule has 0 aliphatic heterocycles. The van der Waals surface area contributed by atoms with Crippen LogP contribution in [0.5, 0.6) is 0 Å². The van der Waals surface area contributed by atoms with Crippen LogP contribution in [-0.4, -0.2) is 5.17 Å². The zero-order valence-corrected chi connectivity index (χ0v) is 6.16. The summed E-state index contributed by atoms with van der Waals surface area (Å²) >= 11 is 5.46. The van der Waals surface area contributed by atoms with Gasteiger partial charge in [0.2, 0.25) is 0 Å². The van der Waals surface area contributed by atoms with Gasteiger partial charge in [0.05, 0.1) is 0 Å². The number of nitrogens with zero attached hydrogens (tertiary/aromatic N) is 1. The minimum atomic E-state index is 0.584. The molecule has 0 aromatic heterocycles. The lowest BCUT2D eigenvalue weighted by Crippen LogP contribution is -1.75. The van der Waals surface area contributed by atoms with Crippen LogP contribution in [-0.2, 0) is 0 Å². The lowest BCUT2D eigenvalue weighted by atomic mass is 10.5. The molecule has 0 unspecified atom stereocenters. The normalized spacial score (nSPS) is 14.5. The Morgan fingerprint density at radius 1 is 1.50 bits per heavy atom. The van der Waals surface area contributed by atoms with Gasteiger partial charge >= 0.3 is 0 Å². The number of hydrogen-bond donors (Lipinski definition) is 0. The van der Waals surface area contributed by atoms with E-state index in [0.717, 1.165) is 5.70 Å². The first kappa shape index (κ1) is 7.70. The maximum atomic E-state index is 5.46. The van der Waals surface area contributed by atoms with Gasteiger partial charge in [-0.05, 0) is 20.8 Å². The summed E-state index contributed by atoms with van der Waals surface area (Å²) in [6.07, 6.45) is 1.91. The molecule has 0 rings (SSSR count). The van der Waals surface area contributed by atoms with Crippen molar-refractivity contribution in [1.29, 1.82) is 0 Å². The minimum absolute atomic E-state index is 0.584. The summed E-state index contributed by atoms with van der Waals surface area (Å²) in [5.74, 6) is 0. The van der Waals surface area contributed by atoms with E-state index in [0.29, 0.717) is 5.17 Å². The number of aliphatic imine (C=N–C) groups is 1. The summed E-state index contributed by atoms with van der Waals surface area (Å²) in [6.45, 7) is 5.60. The zero-order chi connectivity index (χ0) is 6.57. The van der Waals surface area contributed by atoms with E-state index in [1.807, 2.05) is 19.9 Å². The number of halogens is 1. The fourth-order valence-corrected chi connectivity index (χ4v) is 0.441. The first-order valence-electron chi connectivity index (χ1n) is 2.50. The molecule has 0 heterocycles. The van der Waals surface area contributed by atoms with Crippen LogP contribution >= 0.6 is 11.6 Å². The summed E-state index contributed by atoms with van der Waals surface area (Å²) < 4.78 is 0. The van der Waals surface area contributed by atoms with Crippen LogP contribution < -0.4 is 0 Å². The van der Waals surface area contributed by atoms with E-state index in [1.165, 1.54) is 0 Å². The molecule has 8 heavy (non-hydrogen) atoms. The maximum absolute atomic E-state index is 5.46. The molecule has 0 saturated heterocycles. The third kappa shape index (κ3) is 3.88. The predicted octanol–water partition coefficient (Wildman–Crippen LogP) is 2.57. The molecule has 0 aromatic rings. The van der Waals surface area contributed by atoms with Gasteiger partial charge in [-0.15, -0.1) is 0 Å². The fraction of sp³-hybridized carbons (Fsp3) is 0.500. The van der Waals surface area contributed by atoms with Crippen molar-refractivity contribution in [2.24, 2.45) is 4.99 Å².